The van der Waals surface area contributed by atoms with E-state index in [0.29, 0.717) is 12.0 Å². The van der Waals surface area contributed by atoms with Crippen molar-refractivity contribution >= 4 is 0 Å². The smallest absolute Gasteiger partial charge is 0.0951 e. The lowest BCUT2D eigenvalue weighted by molar-refractivity contribution is 0.114. The van der Waals surface area contributed by atoms with Crippen LogP contribution in [0, 0.1) is 5.92 Å². The maximum atomic E-state index is 4.40. The zero-order valence-corrected chi connectivity index (χ0v) is 11.5. The number of hydrogen-bond donors (Lipinski definition) is 1. The summed E-state index contributed by atoms with van der Waals surface area (Å²) < 4.78 is 2.43. The number of aromatic nitrogens is 2. The van der Waals surface area contributed by atoms with Gasteiger partial charge >= 0.3 is 0 Å². The molecule has 1 aliphatic carbocycles. The molecule has 4 heteroatoms. The van der Waals surface area contributed by atoms with Gasteiger partial charge in [-0.05, 0) is 58.8 Å². The van der Waals surface area contributed by atoms with Gasteiger partial charge in [0, 0.05) is 12.2 Å². The number of rotatable bonds is 4. The molecule has 0 radical (unpaired) electrons. The standard InChI is InChI=1S/C14H24N4/c1-15-8-11-4-3-7-17(2)14(11)13-9-16-10-18(13)12-5-6-12/h9-12,14-15H,3-8H2,1-2H3. The Morgan fingerprint density at radius 2 is 2.22 bits per heavy atom. The van der Waals surface area contributed by atoms with Crippen LogP contribution in [-0.2, 0) is 0 Å². The summed E-state index contributed by atoms with van der Waals surface area (Å²) in [5.74, 6) is 0.711. The third kappa shape index (κ3) is 2.19. The van der Waals surface area contributed by atoms with E-state index in [2.05, 4.69) is 40.1 Å². The highest BCUT2D eigenvalue weighted by atomic mass is 15.2. The lowest BCUT2D eigenvalue weighted by Gasteiger charge is -2.39. The molecule has 0 spiro atoms. The highest BCUT2D eigenvalue weighted by molar-refractivity contribution is 5.12. The normalized spacial score (nSPS) is 29.7. The molecule has 2 fully saturated rings. The minimum atomic E-state index is 0.536. The summed E-state index contributed by atoms with van der Waals surface area (Å²) in [7, 11) is 4.32. The molecule has 0 bridgehead atoms. The number of nitrogens with zero attached hydrogens (tertiary/aromatic N) is 3. The summed E-state index contributed by atoms with van der Waals surface area (Å²) in [6.07, 6.45) is 9.43. The Morgan fingerprint density at radius 1 is 1.39 bits per heavy atom. The molecule has 0 aromatic carbocycles. The van der Waals surface area contributed by atoms with E-state index in [1.165, 1.54) is 37.9 Å². The number of hydrogen-bond acceptors (Lipinski definition) is 3. The Kier molecular flexibility index (Phi) is 3.39. The van der Waals surface area contributed by atoms with Gasteiger partial charge in [-0.1, -0.05) is 0 Å². The molecular weight excluding hydrogens is 224 g/mol. The first-order valence-electron chi connectivity index (χ1n) is 7.18. The lowest BCUT2D eigenvalue weighted by Crippen LogP contribution is -2.40. The van der Waals surface area contributed by atoms with Gasteiger partial charge < -0.3 is 9.88 Å². The molecule has 1 N–H and O–H groups in total. The Morgan fingerprint density at radius 3 is 2.94 bits per heavy atom. The molecule has 100 valence electrons. The lowest BCUT2D eigenvalue weighted by atomic mass is 9.87. The topological polar surface area (TPSA) is 33.1 Å². The van der Waals surface area contributed by atoms with Crippen molar-refractivity contribution in [3.8, 4) is 0 Å². The minimum absolute atomic E-state index is 0.536. The molecule has 2 atom stereocenters. The third-order valence-corrected chi connectivity index (χ3v) is 4.41. The summed E-state index contributed by atoms with van der Waals surface area (Å²) in [4.78, 5) is 6.92. The highest BCUT2D eigenvalue weighted by Gasteiger charge is 2.35. The zero-order chi connectivity index (χ0) is 12.5. The second-order valence-corrected chi connectivity index (χ2v) is 5.84. The highest BCUT2D eigenvalue weighted by Crippen LogP contribution is 2.41. The second-order valence-electron chi connectivity index (χ2n) is 5.84. The molecule has 1 saturated heterocycles. The molecular formula is C14H24N4. The largest absolute Gasteiger partial charge is 0.330 e. The van der Waals surface area contributed by atoms with Gasteiger partial charge in [-0.25, -0.2) is 4.98 Å². The molecule has 3 rings (SSSR count). The van der Waals surface area contributed by atoms with Crippen LogP contribution in [0.3, 0.4) is 0 Å². The molecule has 2 unspecified atom stereocenters. The van der Waals surface area contributed by atoms with Crippen LogP contribution >= 0.6 is 0 Å². The van der Waals surface area contributed by atoms with Crippen molar-refractivity contribution < 1.29 is 0 Å². The van der Waals surface area contributed by atoms with Crippen molar-refractivity contribution in [2.45, 2.75) is 37.8 Å². The van der Waals surface area contributed by atoms with Crippen molar-refractivity contribution in [1.29, 1.82) is 0 Å². The zero-order valence-electron chi connectivity index (χ0n) is 11.5. The maximum Gasteiger partial charge on any atom is 0.0951 e. The van der Waals surface area contributed by atoms with Gasteiger partial charge in [0.2, 0.25) is 0 Å². The predicted octanol–water partition coefficient (Wildman–Crippen LogP) is 1.82. The second kappa shape index (κ2) is 5.02. The number of imidazole rings is 1. The van der Waals surface area contributed by atoms with Gasteiger partial charge in [0.15, 0.2) is 0 Å². The Bertz CT molecular complexity index is 394. The fraction of sp³-hybridized carbons (Fsp3) is 0.786. The van der Waals surface area contributed by atoms with E-state index in [1.54, 1.807) is 0 Å². The van der Waals surface area contributed by atoms with Gasteiger partial charge in [0.1, 0.15) is 0 Å². The van der Waals surface area contributed by atoms with E-state index in [-0.39, 0.29) is 0 Å². The van der Waals surface area contributed by atoms with Gasteiger partial charge in [0.05, 0.1) is 18.1 Å². The first-order valence-corrected chi connectivity index (χ1v) is 7.18. The average Bonchev–Trinajstić information content (AvgIpc) is 3.09. The van der Waals surface area contributed by atoms with Crippen LogP contribution in [0.1, 0.15) is 43.5 Å². The van der Waals surface area contributed by atoms with Gasteiger partial charge in [-0.2, -0.15) is 0 Å². The Labute approximate surface area is 109 Å². The van der Waals surface area contributed by atoms with E-state index < -0.39 is 0 Å². The molecule has 2 aliphatic rings. The van der Waals surface area contributed by atoms with Gasteiger partial charge in [0.25, 0.3) is 0 Å². The molecule has 1 aromatic heterocycles. The molecule has 1 aliphatic heterocycles. The van der Waals surface area contributed by atoms with Crippen LogP contribution in [0.2, 0.25) is 0 Å². The van der Waals surface area contributed by atoms with Crippen molar-refractivity contribution in [3.05, 3.63) is 18.2 Å². The predicted molar refractivity (Wildman–Crippen MR) is 72.5 cm³/mol. The molecule has 1 aromatic rings. The molecule has 4 nitrogen and oxygen atoms in total. The van der Waals surface area contributed by atoms with Crippen LogP contribution < -0.4 is 5.32 Å². The van der Waals surface area contributed by atoms with Gasteiger partial charge in [-0.3, -0.25) is 4.90 Å². The maximum absolute atomic E-state index is 4.40. The number of piperidine rings is 1. The van der Waals surface area contributed by atoms with Crippen molar-refractivity contribution in [2.75, 3.05) is 27.2 Å². The summed E-state index contributed by atoms with van der Waals surface area (Å²) >= 11 is 0. The first-order chi connectivity index (χ1) is 8.81. The summed E-state index contributed by atoms with van der Waals surface area (Å²) in [5, 5.41) is 3.36. The van der Waals surface area contributed by atoms with Gasteiger partial charge in [-0.15, -0.1) is 0 Å². The first kappa shape index (κ1) is 12.2. The van der Waals surface area contributed by atoms with Crippen LogP contribution in [0.25, 0.3) is 0 Å². The van der Waals surface area contributed by atoms with E-state index in [4.69, 9.17) is 0 Å². The number of nitrogens with one attached hydrogen (secondary N) is 1. The van der Waals surface area contributed by atoms with Crippen LogP contribution in [0.5, 0.6) is 0 Å². The van der Waals surface area contributed by atoms with Crippen LogP contribution in [0.15, 0.2) is 12.5 Å². The van der Waals surface area contributed by atoms with E-state index in [1.807, 2.05) is 6.33 Å². The third-order valence-electron chi connectivity index (χ3n) is 4.41. The summed E-state index contributed by atoms with van der Waals surface area (Å²) in [5.41, 5.74) is 1.43. The fourth-order valence-corrected chi connectivity index (χ4v) is 3.40. The monoisotopic (exact) mass is 248 g/mol. The van der Waals surface area contributed by atoms with E-state index in [9.17, 15) is 0 Å². The summed E-state index contributed by atoms with van der Waals surface area (Å²) in [6.45, 7) is 2.31. The van der Waals surface area contributed by atoms with Crippen molar-refractivity contribution in [2.24, 2.45) is 5.92 Å². The van der Waals surface area contributed by atoms with E-state index in [0.717, 1.165) is 12.6 Å². The quantitative estimate of drug-likeness (QED) is 0.882. The Balaban J connectivity index is 1.87. The molecule has 18 heavy (non-hydrogen) atoms. The number of likely N-dealkylation sites (tertiary alicyclic amines) is 1. The van der Waals surface area contributed by atoms with Crippen LogP contribution in [-0.4, -0.2) is 41.6 Å². The van der Waals surface area contributed by atoms with Crippen LogP contribution in [0.4, 0.5) is 0 Å². The molecule has 2 heterocycles. The minimum Gasteiger partial charge on any atom is -0.330 e. The molecule has 1 saturated carbocycles. The van der Waals surface area contributed by atoms with Crippen molar-refractivity contribution in [1.82, 2.24) is 19.8 Å². The average molecular weight is 248 g/mol. The molecule has 0 amide bonds. The summed E-state index contributed by atoms with van der Waals surface area (Å²) in [6, 6.07) is 1.27. The Hall–Kier alpha value is -0.870. The van der Waals surface area contributed by atoms with Crippen molar-refractivity contribution in [3.63, 3.8) is 0 Å². The SMILES string of the molecule is CNCC1CCCN(C)C1c1cncn1C1CC1. The fourth-order valence-electron chi connectivity index (χ4n) is 3.40. The van der Waals surface area contributed by atoms with E-state index >= 15 is 0 Å².